The molecule has 0 radical (unpaired) electrons. The molecule has 1 unspecified atom stereocenters. The average Bonchev–Trinajstić information content (AvgIpc) is 2.52. The minimum Gasteiger partial charge on any atom is -0.466 e. The van der Waals surface area contributed by atoms with Crippen LogP contribution in [-0.2, 0) is 4.74 Å². The summed E-state index contributed by atoms with van der Waals surface area (Å²) in [6.07, 6.45) is 1.04. The number of nitrogens with one attached hydrogen (secondary N) is 1. The first-order chi connectivity index (χ1) is 7.15. The maximum Gasteiger partial charge on any atom is 0.105 e. The highest BCUT2D eigenvalue weighted by molar-refractivity contribution is 5.23. The summed E-state index contributed by atoms with van der Waals surface area (Å²) >= 11 is 0. The van der Waals surface area contributed by atoms with E-state index in [9.17, 15) is 0 Å². The molecular weight excluding hydrogens is 190 g/mol. The first kappa shape index (κ1) is 12.3. The van der Waals surface area contributed by atoms with Gasteiger partial charge in [0.2, 0.25) is 0 Å². The van der Waals surface area contributed by atoms with E-state index >= 15 is 0 Å². The Hall–Kier alpha value is -0.800. The van der Waals surface area contributed by atoms with Crippen LogP contribution in [0.1, 0.15) is 36.5 Å². The van der Waals surface area contributed by atoms with E-state index in [4.69, 9.17) is 9.15 Å². The summed E-state index contributed by atoms with van der Waals surface area (Å²) in [6, 6.07) is 2.45. The molecular formula is C12H21NO2. The normalized spacial score (nSPS) is 13.1. The van der Waals surface area contributed by atoms with Crippen LogP contribution in [0, 0.1) is 13.8 Å². The molecule has 0 aromatic carbocycles. The van der Waals surface area contributed by atoms with Crippen LogP contribution in [0.4, 0.5) is 0 Å². The predicted octanol–water partition coefficient (Wildman–Crippen LogP) is 2.58. The SMILES string of the molecule is COCCCNC(C)c1cc(C)oc1C. The summed E-state index contributed by atoms with van der Waals surface area (Å²) in [5.74, 6) is 1.99. The molecule has 0 aliphatic rings. The van der Waals surface area contributed by atoms with Crippen LogP contribution in [0.25, 0.3) is 0 Å². The van der Waals surface area contributed by atoms with Crippen molar-refractivity contribution >= 4 is 0 Å². The number of aryl methyl sites for hydroxylation is 2. The summed E-state index contributed by atoms with van der Waals surface area (Å²) in [4.78, 5) is 0. The van der Waals surface area contributed by atoms with E-state index in [1.165, 1.54) is 5.56 Å². The maximum atomic E-state index is 5.50. The molecule has 0 saturated heterocycles. The van der Waals surface area contributed by atoms with Crippen molar-refractivity contribution < 1.29 is 9.15 Å². The third-order valence-corrected chi connectivity index (χ3v) is 2.52. The molecule has 0 fully saturated rings. The lowest BCUT2D eigenvalue weighted by molar-refractivity contribution is 0.193. The molecule has 1 N–H and O–H groups in total. The van der Waals surface area contributed by atoms with Gasteiger partial charge in [-0.05, 0) is 39.8 Å². The largest absolute Gasteiger partial charge is 0.466 e. The molecule has 0 amide bonds. The van der Waals surface area contributed by atoms with Crippen LogP contribution < -0.4 is 5.32 Å². The van der Waals surface area contributed by atoms with Crippen molar-refractivity contribution in [2.24, 2.45) is 0 Å². The number of hydrogen-bond donors (Lipinski definition) is 1. The lowest BCUT2D eigenvalue weighted by Crippen LogP contribution is -2.20. The number of hydrogen-bond acceptors (Lipinski definition) is 3. The first-order valence-electron chi connectivity index (χ1n) is 5.44. The highest BCUT2D eigenvalue weighted by atomic mass is 16.5. The molecule has 0 bridgehead atoms. The van der Waals surface area contributed by atoms with Gasteiger partial charge in [0.15, 0.2) is 0 Å². The van der Waals surface area contributed by atoms with Crippen molar-refractivity contribution in [2.75, 3.05) is 20.3 Å². The molecule has 3 heteroatoms. The van der Waals surface area contributed by atoms with Gasteiger partial charge in [0, 0.05) is 25.3 Å². The highest BCUT2D eigenvalue weighted by Gasteiger charge is 2.11. The Labute approximate surface area is 91.8 Å². The number of ether oxygens (including phenoxy) is 1. The molecule has 86 valence electrons. The van der Waals surface area contributed by atoms with Gasteiger partial charge in [-0.15, -0.1) is 0 Å². The predicted molar refractivity (Wildman–Crippen MR) is 61.1 cm³/mol. The minimum absolute atomic E-state index is 0.347. The summed E-state index contributed by atoms with van der Waals surface area (Å²) in [7, 11) is 1.73. The fourth-order valence-electron chi connectivity index (χ4n) is 1.73. The number of methoxy groups -OCH3 is 1. The Morgan fingerprint density at radius 3 is 2.73 bits per heavy atom. The molecule has 0 aliphatic carbocycles. The molecule has 0 saturated carbocycles. The van der Waals surface area contributed by atoms with Crippen molar-refractivity contribution in [3.05, 3.63) is 23.2 Å². The molecule has 1 aromatic rings. The van der Waals surface area contributed by atoms with Crippen LogP contribution in [-0.4, -0.2) is 20.3 Å². The summed E-state index contributed by atoms with van der Waals surface area (Å²) < 4.78 is 10.5. The molecule has 1 rings (SSSR count). The zero-order valence-electron chi connectivity index (χ0n) is 10.1. The number of furan rings is 1. The van der Waals surface area contributed by atoms with Crippen LogP contribution in [0.5, 0.6) is 0 Å². The van der Waals surface area contributed by atoms with Crippen molar-refractivity contribution in [3.63, 3.8) is 0 Å². The second-order valence-corrected chi connectivity index (χ2v) is 3.89. The molecule has 1 heterocycles. The van der Waals surface area contributed by atoms with E-state index in [-0.39, 0.29) is 0 Å². The maximum absolute atomic E-state index is 5.50. The van der Waals surface area contributed by atoms with Gasteiger partial charge in [0.25, 0.3) is 0 Å². The second kappa shape index (κ2) is 5.93. The van der Waals surface area contributed by atoms with Crippen molar-refractivity contribution in [1.29, 1.82) is 0 Å². The molecule has 0 aliphatic heterocycles. The Kier molecular flexibility index (Phi) is 4.85. The molecule has 1 aromatic heterocycles. The molecule has 1 atom stereocenters. The van der Waals surface area contributed by atoms with Crippen molar-refractivity contribution in [3.8, 4) is 0 Å². The van der Waals surface area contributed by atoms with Crippen LogP contribution >= 0.6 is 0 Å². The fourth-order valence-corrected chi connectivity index (χ4v) is 1.73. The van der Waals surface area contributed by atoms with E-state index < -0.39 is 0 Å². The van der Waals surface area contributed by atoms with Gasteiger partial charge in [-0.25, -0.2) is 0 Å². The highest BCUT2D eigenvalue weighted by Crippen LogP contribution is 2.20. The summed E-state index contributed by atoms with van der Waals surface area (Å²) in [5.41, 5.74) is 1.25. The lowest BCUT2D eigenvalue weighted by atomic mass is 10.1. The fraction of sp³-hybridized carbons (Fsp3) is 0.667. The summed E-state index contributed by atoms with van der Waals surface area (Å²) in [6.45, 7) is 7.93. The van der Waals surface area contributed by atoms with Crippen LogP contribution in [0.15, 0.2) is 10.5 Å². The molecule has 0 spiro atoms. The van der Waals surface area contributed by atoms with Gasteiger partial charge >= 0.3 is 0 Å². The number of rotatable bonds is 6. The minimum atomic E-state index is 0.347. The quantitative estimate of drug-likeness (QED) is 0.734. The first-order valence-corrected chi connectivity index (χ1v) is 5.44. The Balaban J connectivity index is 2.39. The van der Waals surface area contributed by atoms with Crippen molar-refractivity contribution in [1.82, 2.24) is 5.32 Å². The van der Waals surface area contributed by atoms with E-state index in [0.717, 1.165) is 31.1 Å². The van der Waals surface area contributed by atoms with Gasteiger partial charge in [0.05, 0.1) is 0 Å². The Morgan fingerprint density at radius 2 is 2.20 bits per heavy atom. The standard InChI is InChI=1S/C12H21NO2/c1-9-8-12(11(3)15-9)10(2)13-6-5-7-14-4/h8,10,13H,5-7H2,1-4H3. The van der Waals surface area contributed by atoms with Crippen molar-refractivity contribution in [2.45, 2.75) is 33.2 Å². The van der Waals surface area contributed by atoms with Crippen LogP contribution in [0.3, 0.4) is 0 Å². The van der Waals surface area contributed by atoms with E-state index in [2.05, 4.69) is 18.3 Å². The smallest absolute Gasteiger partial charge is 0.105 e. The van der Waals surface area contributed by atoms with Gasteiger partial charge in [-0.2, -0.15) is 0 Å². The van der Waals surface area contributed by atoms with E-state index in [0.29, 0.717) is 6.04 Å². The zero-order chi connectivity index (χ0) is 11.3. The van der Waals surface area contributed by atoms with Crippen LogP contribution in [0.2, 0.25) is 0 Å². The molecule has 15 heavy (non-hydrogen) atoms. The van der Waals surface area contributed by atoms with Gasteiger partial charge < -0.3 is 14.5 Å². The summed E-state index contributed by atoms with van der Waals surface area (Å²) in [5, 5.41) is 3.45. The Bertz CT molecular complexity index is 294. The third-order valence-electron chi connectivity index (χ3n) is 2.52. The second-order valence-electron chi connectivity index (χ2n) is 3.89. The van der Waals surface area contributed by atoms with E-state index in [1.807, 2.05) is 13.8 Å². The monoisotopic (exact) mass is 211 g/mol. The topological polar surface area (TPSA) is 34.4 Å². The van der Waals surface area contributed by atoms with Gasteiger partial charge in [0.1, 0.15) is 11.5 Å². The third kappa shape index (κ3) is 3.68. The average molecular weight is 211 g/mol. The zero-order valence-corrected chi connectivity index (χ0v) is 10.1. The Morgan fingerprint density at radius 1 is 1.47 bits per heavy atom. The van der Waals surface area contributed by atoms with E-state index in [1.54, 1.807) is 7.11 Å². The van der Waals surface area contributed by atoms with Gasteiger partial charge in [-0.3, -0.25) is 0 Å². The lowest BCUT2D eigenvalue weighted by Gasteiger charge is -2.12. The molecule has 3 nitrogen and oxygen atoms in total. The van der Waals surface area contributed by atoms with Gasteiger partial charge in [-0.1, -0.05) is 0 Å².